The van der Waals surface area contributed by atoms with Gasteiger partial charge in [-0.2, -0.15) is 4.57 Å². The number of methoxy groups -OCH3 is 1. The van der Waals surface area contributed by atoms with Crippen LogP contribution >= 0.6 is 0 Å². The van der Waals surface area contributed by atoms with E-state index in [9.17, 15) is 4.79 Å². The quantitative estimate of drug-likeness (QED) is 0.338. The number of nitrogens with zero attached hydrogens (tertiary/aromatic N) is 1. The summed E-state index contributed by atoms with van der Waals surface area (Å²) in [7, 11) is 3.37. The highest BCUT2D eigenvalue weighted by molar-refractivity contribution is 6.04. The van der Waals surface area contributed by atoms with Gasteiger partial charge in [0.05, 0.1) is 7.11 Å². The Bertz CT molecular complexity index is 765. The molecule has 0 bridgehead atoms. The number of pyridine rings is 1. The van der Waals surface area contributed by atoms with E-state index in [1.54, 1.807) is 0 Å². The fraction of sp³-hybridized carbons (Fsp3) is 0.143. The van der Waals surface area contributed by atoms with E-state index >= 15 is 0 Å². The second-order valence-corrected chi connectivity index (χ2v) is 4.26. The van der Waals surface area contributed by atoms with E-state index in [1.165, 1.54) is 7.11 Å². The van der Waals surface area contributed by atoms with E-state index in [0.29, 0.717) is 5.69 Å². The highest BCUT2D eigenvalue weighted by Gasteiger charge is 2.15. The molecule has 2 heterocycles. The first kappa shape index (κ1) is 13.8. The molecule has 19 heavy (non-hydrogen) atoms. The van der Waals surface area contributed by atoms with Crippen LogP contribution in [0.3, 0.4) is 0 Å². The maximum Gasteiger partial charge on any atom is 0.354 e. The number of H-pyrrole nitrogens is 1. The Kier molecular flexibility index (Phi) is 3.75. The van der Waals surface area contributed by atoms with Gasteiger partial charge in [-0.15, -0.1) is 0 Å². The van der Waals surface area contributed by atoms with Gasteiger partial charge in [-0.1, -0.05) is 6.07 Å². The molecule has 0 spiro atoms. The van der Waals surface area contributed by atoms with Crippen molar-refractivity contribution in [1.82, 2.24) is 4.98 Å². The van der Waals surface area contributed by atoms with Crippen molar-refractivity contribution in [3.8, 4) is 0 Å². The lowest BCUT2D eigenvalue weighted by molar-refractivity contribution is -0.644. The zero-order chi connectivity index (χ0) is 12.7. The first-order valence-corrected chi connectivity index (χ1v) is 5.69. The minimum Gasteiger partial charge on any atom is -1.00 e. The molecule has 0 radical (unpaired) electrons. The van der Waals surface area contributed by atoms with Crippen molar-refractivity contribution >= 4 is 27.8 Å². The number of halogens is 1. The van der Waals surface area contributed by atoms with E-state index in [1.807, 2.05) is 48.1 Å². The van der Waals surface area contributed by atoms with Gasteiger partial charge in [-0.25, -0.2) is 4.79 Å². The molecule has 0 aliphatic rings. The Morgan fingerprint density at radius 1 is 1.26 bits per heavy atom. The van der Waals surface area contributed by atoms with Crippen LogP contribution in [0.2, 0.25) is 0 Å². The first-order chi connectivity index (χ1) is 8.70. The number of carbonyl (C=O) groups is 1. The first-order valence-electron chi connectivity index (χ1n) is 5.69. The summed E-state index contributed by atoms with van der Waals surface area (Å²) in [6, 6.07) is 9.91. The number of rotatable bonds is 1. The van der Waals surface area contributed by atoms with E-state index < -0.39 is 0 Å². The van der Waals surface area contributed by atoms with Gasteiger partial charge in [0.25, 0.3) is 0 Å². The average molecular weight is 368 g/mol. The monoisotopic (exact) mass is 368 g/mol. The molecule has 2 aromatic heterocycles. The molecule has 4 nitrogen and oxygen atoms in total. The van der Waals surface area contributed by atoms with Gasteiger partial charge in [0.1, 0.15) is 18.3 Å². The zero-order valence-electron chi connectivity index (χ0n) is 10.6. The molecule has 98 valence electrons. The fourth-order valence-electron chi connectivity index (χ4n) is 2.29. The van der Waals surface area contributed by atoms with Crippen LogP contribution in [0.5, 0.6) is 0 Å². The van der Waals surface area contributed by atoms with Crippen LogP contribution in [-0.4, -0.2) is 18.1 Å². The number of hydrogen-bond donors (Lipinski definition) is 1. The lowest BCUT2D eigenvalue weighted by Gasteiger charge is -1.97. The number of aromatic nitrogens is 2. The van der Waals surface area contributed by atoms with Crippen molar-refractivity contribution < 1.29 is 38.1 Å². The van der Waals surface area contributed by atoms with E-state index in [4.69, 9.17) is 4.74 Å². The summed E-state index contributed by atoms with van der Waals surface area (Å²) < 4.78 is 6.77. The van der Waals surface area contributed by atoms with Crippen LogP contribution in [0.4, 0.5) is 0 Å². The topological polar surface area (TPSA) is 46.0 Å². The zero-order valence-corrected chi connectivity index (χ0v) is 12.8. The van der Waals surface area contributed by atoms with Crippen LogP contribution in [0.25, 0.3) is 21.8 Å². The second-order valence-electron chi connectivity index (χ2n) is 4.26. The largest absolute Gasteiger partial charge is 1.00 e. The van der Waals surface area contributed by atoms with Crippen molar-refractivity contribution in [3.05, 3.63) is 42.2 Å². The van der Waals surface area contributed by atoms with Gasteiger partial charge in [-0.3, -0.25) is 0 Å². The molecule has 3 aromatic rings. The summed E-state index contributed by atoms with van der Waals surface area (Å²) in [4.78, 5) is 14.7. The number of aryl methyl sites for hydroxylation is 1. The van der Waals surface area contributed by atoms with E-state index in [0.717, 1.165) is 21.8 Å². The maximum absolute atomic E-state index is 11.5. The third-order valence-corrected chi connectivity index (χ3v) is 3.14. The molecule has 5 heteroatoms. The van der Waals surface area contributed by atoms with Crippen LogP contribution in [0, 0.1) is 0 Å². The van der Waals surface area contributed by atoms with Gasteiger partial charge in [0.2, 0.25) is 5.52 Å². The number of carbonyl (C=O) groups excluding carboxylic acids is 1. The number of esters is 1. The lowest BCUT2D eigenvalue weighted by atomic mass is 10.1. The third-order valence-electron chi connectivity index (χ3n) is 3.14. The molecule has 0 aliphatic heterocycles. The summed E-state index contributed by atoms with van der Waals surface area (Å²) in [5, 5.41) is 2.13. The van der Waals surface area contributed by atoms with Crippen molar-refractivity contribution in [1.29, 1.82) is 0 Å². The molecule has 0 fully saturated rings. The summed E-state index contributed by atoms with van der Waals surface area (Å²) >= 11 is 0. The van der Waals surface area contributed by atoms with E-state index in [2.05, 4.69) is 4.98 Å². The SMILES string of the molecule is COC(=O)c1cc2ccc3ccc[n+](C)c3c2[nH]1.[I-]. The normalized spacial score (nSPS) is 10.4. The Morgan fingerprint density at radius 2 is 2.00 bits per heavy atom. The highest BCUT2D eigenvalue weighted by atomic mass is 127. The summed E-state index contributed by atoms with van der Waals surface area (Å²) in [6.45, 7) is 0. The summed E-state index contributed by atoms with van der Waals surface area (Å²) in [5.41, 5.74) is 2.50. The van der Waals surface area contributed by atoms with E-state index in [-0.39, 0.29) is 29.9 Å². The molecule has 3 rings (SSSR count). The minimum absolute atomic E-state index is 0. The molecule has 0 saturated carbocycles. The molecule has 0 atom stereocenters. The number of hydrogen-bond acceptors (Lipinski definition) is 2. The number of fused-ring (bicyclic) bond motifs is 3. The molecule has 1 aromatic carbocycles. The second kappa shape index (κ2) is 5.16. The molecule has 0 unspecified atom stereocenters. The Morgan fingerprint density at radius 3 is 2.74 bits per heavy atom. The summed E-state index contributed by atoms with van der Waals surface area (Å²) in [5.74, 6) is -0.349. The van der Waals surface area contributed by atoms with Crippen molar-refractivity contribution in [2.24, 2.45) is 7.05 Å². The van der Waals surface area contributed by atoms with Crippen molar-refractivity contribution in [3.63, 3.8) is 0 Å². The Balaban J connectivity index is 0.00000133. The lowest BCUT2D eigenvalue weighted by Crippen LogP contribution is -3.00. The number of ether oxygens (including phenoxy) is 1. The summed E-state index contributed by atoms with van der Waals surface area (Å²) in [6.07, 6.45) is 1.99. The van der Waals surface area contributed by atoms with Crippen LogP contribution in [-0.2, 0) is 11.8 Å². The third kappa shape index (κ3) is 2.18. The van der Waals surface area contributed by atoms with Gasteiger partial charge in [0.15, 0.2) is 6.20 Å². The van der Waals surface area contributed by atoms with Gasteiger partial charge < -0.3 is 33.7 Å². The molecular weight excluding hydrogens is 355 g/mol. The molecule has 0 aliphatic carbocycles. The highest BCUT2D eigenvalue weighted by Crippen LogP contribution is 2.23. The Labute approximate surface area is 127 Å². The van der Waals surface area contributed by atoms with Crippen molar-refractivity contribution in [2.75, 3.05) is 7.11 Å². The number of nitrogens with one attached hydrogen (secondary N) is 1. The molecule has 1 N–H and O–H groups in total. The van der Waals surface area contributed by atoms with Crippen LogP contribution in [0.15, 0.2) is 36.5 Å². The average Bonchev–Trinajstić information content (AvgIpc) is 2.81. The predicted molar refractivity (Wildman–Crippen MR) is 68.3 cm³/mol. The minimum atomic E-state index is -0.349. The van der Waals surface area contributed by atoms with Crippen molar-refractivity contribution in [2.45, 2.75) is 0 Å². The molecular formula is C14H13IN2O2. The standard InChI is InChI=1S/C14H12N2O2.HI/c1-16-7-3-4-9-5-6-10-8-11(14(17)18-2)15-12(10)13(9)16;/h3-8H,1-2H3;1H. The predicted octanol–water partition coefficient (Wildman–Crippen LogP) is -1.06. The Hall–Kier alpha value is -1.63. The van der Waals surface area contributed by atoms with Crippen LogP contribution in [0.1, 0.15) is 10.5 Å². The fourth-order valence-corrected chi connectivity index (χ4v) is 2.29. The van der Waals surface area contributed by atoms with Crippen LogP contribution < -0.4 is 28.5 Å². The van der Waals surface area contributed by atoms with Gasteiger partial charge >= 0.3 is 5.97 Å². The smallest absolute Gasteiger partial charge is 0.354 e. The molecule has 0 saturated heterocycles. The number of aromatic amines is 1. The van der Waals surface area contributed by atoms with Gasteiger partial charge in [-0.05, 0) is 18.2 Å². The maximum atomic E-state index is 11.5. The molecule has 0 amide bonds. The number of benzene rings is 1. The van der Waals surface area contributed by atoms with Gasteiger partial charge in [0, 0.05) is 16.8 Å².